The Bertz CT molecular complexity index is 1730. The lowest BCUT2D eigenvalue weighted by Crippen LogP contribution is -2.47. The highest BCUT2D eigenvalue weighted by atomic mass is 31.2. The Labute approximate surface area is 526 Å². The number of hydrogen-bond acceptors (Lipinski definition) is 7. The number of nitrogens with one attached hydrogen (secondary N) is 1. The summed E-state index contributed by atoms with van der Waals surface area (Å²) in [4.78, 5) is 40.2. The van der Waals surface area contributed by atoms with Gasteiger partial charge in [0.2, 0.25) is 5.91 Å². The van der Waals surface area contributed by atoms with Gasteiger partial charge in [0.15, 0.2) is 0 Å². The second kappa shape index (κ2) is 64.2. The van der Waals surface area contributed by atoms with Gasteiger partial charge in [-0.15, -0.1) is 0 Å². The van der Waals surface area contributed by atoms with Crippen LogP contribution in [0, 0.1) is 0 Å². The van der Waals surface area contributed by atoms with Crippen LogP contribution in [0.15, 0.2) is 85.1 Å². The van der Waals surface area contributed by atoms with E-state index < -0.39 is 26.6 Å². The van der Waals surface area contributed by atoms with E-state index in [0.29, 0.717) is 17.4 Å². The Kier molecular flexibility index (Phi) is 62.1. The normalized spacial score (nSPS) is 14.0. The largest absolute Gasteiger partial charge is 0.756 e. The number of unbranched alkanes of at least 4 members (excludes halogenated alkanes) is 37. The molecule has 0 aromatic heterocycles. The second-order valence-corrected chi connectivity index (χ2v) is 26.8. The topological polar surface area (TPSA) is 114 Å². The Morgan fingerprint density at radius 2 is 0.718 bits per heavy atom. The summed E-state index contributed by atoms with van der Waals surface area (Å²) in [7, 11) is 1.18. The highest BCUT2D eigenvalue weighted by Gasteiger charge is 2.27. The first-order chi connectivity index (χ1) is 41.4. The van der Waals surface area contributed by atoms with Crippen molar-refractivity contribution in [3.8, 4) is 0 Å². The molecule has 3 unspecified atom stereocenters. The number of phosphoric acid groups is 1. The molecule has 10 heteroatoms. The van der Waals surface area contributed by atoms with E-state index in [-0.39, 0.29) is 24.9 Å². The lowest BCUT2D eigenvalue weighted by molar-refractivity contribution is -0.870. The molecule has 494 valence electrons. The van der Waals surface area contributed by atoms with E-state index in [1.54, 1.807) is 0 Å². The molecule has 0 aromatic carbocycles. The molecule has 0 saturated heterocycles. The van der Waals surface area contributed by atoms with E-state index in [4.69, 9.17) is 13.8 Å². The molecule has 0 aliphatic carbocycles. The Hall–Kier alpha value is -2.81. The Morgan fingerprint density at radius 1 is 0.412 bits per heavy atom. The molecule has 1 N–H and O–H groups in total. The minimum absolute atomic E-state index is 0.0259. The maximum Gasteiger partial charge on any atom is 0.306 e. The number of phosphoric ester groups is 1. The van der Waals surface area contributed by atoms with Crippen LogP contribution in [0.5, 0.6) is 0 Å². The van der Waals surface area contributed by atoms with Gasteiger partial charge in [0.1, 0.15) is 19.3 Å². The smallest absolute Gasteiger partial charge is 0.306 e. The van der Waals surface area contributed by atoms with Crippen LogP contribution in [-0.2, 0) is 27.9 Å². The van der Waals surface area contributed by atoms with Crippen molar-refractivity contribution in [3.63, 3.8) is 0 Å². The van der Waals surface area contributed by atoms with Gasteiger partial charge in [-0.1, -0.05) is 292 Å². The van der Waals surface area contributed by atoms with Crippen molar-refractivity contribution in [1.29, 1.82) is 0 Å². The Morgan fingerprint density at radius 3 is 1.09 bits per heavy atom. The molecule has 0 heterocycles. The molecular formula is C75H137N2O7P. The van der Waals surface area contributed by atoms with Crippen LogP contribution in [0.2, 0.25) is 0 Å². The molecule has 0 saturated carbocycles. The van der Waals surface area contributed by atoms with Crippen molar-refractivity contribution in [3.05, 3.63) is 85.1 Å². The number of amides is 1. The number of carbonyl (C=O) groups excluding carboxylic acids is 2. The SMILES string of the molecule is CCCCC/C=C\C/C=C\C/C=C\C/C=C\CCCCCCCCCCCC(=O)NC(COP(=O)([O-])OCC[N+](C)(C)C)C(/C=C/CCCCCCCCCCC)OC(=O)CCCCCCCCCCCCCCC/C=C\C/C=C\CCCCC. The summed E-state index contributed by atoms with van der Waals surface area (Å²) in [5, 5.41) is 3.04. The zero-order valence-electron chi connectivity index (χ0n) is 56.6. The number of ether oxygens (including phenoxy) is 1. The number of quaternary nitrogens is 1. The lowest BCUT2D eigenvalue weighted by Gasteiger charge is -2.30. The van der Waals surface area contributed by atoms with Gasteiger partial charge in [-0.25, -0.2) is 0 Å². The van der Waals surface area contributed by atoms with Crippen molar-refractivity contribution < 1.29 is 37.3 Å². The van der Waals surface area contributed by atoms with Gasteiger partial charge in [-0.2, -0.15) is 0 Å². The predicted octanol–water partition coefficient (Wildman–Crippen LogP) is 22.3. The molecule has 0 rings (SSSR count). The molecule has 0 aliphatic heterocycles. The third-order valence-electron chi connectivity index (χ3n) is 15.8. The molecule has 0 aliphatic rings. The average Bonchev–Trinajstić information content (AvgIpc) is 3.64. The van der Waals surface area contributed by atoms with Crippen LogP contribution in [0.3, 0.4) is 0 Å². The van der Waals surface area contributed by atoms with Crippen molar-refractivity contribution >= 4 is 19.7 Å². The van der Waals surface area contributed by atoms with E-state index in [1.807, 2.05) is 33.3 Å². The number of likely N-dealkylation sites (N-methyl/N-ethyl adjacent to an activating group) is 1. The molecule has 0 fully saturated rings. The van der Waals surface area contributed by atoms with Gasteiger partial charge in [0.25, 0.3) is 7.82 Å². The number of allylic oxidation sites excluding steroid dienone is 13. The number of rotatable bonds is 65. The van der Waals surface area contributed by atoms with Gasteiger partial charge >= 0.3 is 5.97 Å². The third-order valence-corrected chi connectivity index (χ3v) is 16.8. The zero-order valence-corrected chi connectivity index (χ0v) is 57.4. The fourth-order valence-electron chi connectivity index (χ4n) is 10.2. The molecule has 9 nitrogen and oxygen atoms in total. The number of hydrogen-bond donors (Lipinski definition) is 1. The highest BCUT2D eigenvalue weighted by Crippen LogP contribution is 2.38. The predicted molar refractivity (Wildman–Crippen MR) is 367 cm³/mol. The first-order valence-electron chi connectivity index (χ1n) is 35.9. The van der Waals surface area contributed by atoms with Crippen LogP contribution < -0.4 is 10.2 Å². The molecule has 0 bridgehead atoms. The summed E-state index contributed by atoms with van der Waals surface area (Å²) in [5.41, 5.74) is 0. The van der Waals surface area contributed by atoms with Crippen LogP contribution in [-0.4, -0.2) is 69.4 Å². The summed E-state index contributed by atoms with van der Waals surface area (Å²) in [6, 6.07) is -0.896. The van der Waals surface area contributed by atoms with E-state index >= 15 is 0 Å². The quantitative estimate of drug-likeness (QED) is 0.0212. The molecular weight excluding hydrogens is 1070 g/mol. The van der Waals surface area contributed by atoms with Gasteiger partial charge in [0.05, 0.1) is 33.8 Å². The maximum absolute atomic E-state index is 13.6. The fourth-order valence-corrected chi connectivity index (χ4v) is 11.0. The summed E-state index contributed by atoms with van der Waals surface area (Å²) >= 11 is 0. The monoisotopic (exact) mass is 1210 g/mol. The molecule has 0 spiro atoms. The summed E-state index contributed by atoms with van der Waals surface area (Å²) < 4.78 is 30.4. The van der Waals surface area contributed by atoms with Gasteiger partial charge in [-0.3, -0.25) is 14.2 Å². The van der Waals surface area contributed by atoms with Crippen molar-refractivity contribution in [2.75, 3.05) is 40.9 Å². The second-order valence-electron chi connectivity index (χ2n) is 25.4. The number of esters is 1. The van der Waals surface area contributed by atoms with E-state index in [1.165, 1.54) is 199 Å². The fraction of sp³-hybridized carbons (Fsp3) is 0.787. The zero-order chi connectivity index (χ0) is 62.1. The van der Waals surface area contributed by atoms with E-state index in [2.05, 4.69) is 99.0 Å². The molecule has 0 radical (unpaired) electrons. The van der Waals surface area contributed by atoms with Crippen molar-refractivity contribution in [1.82, 2.24) is 5.32 Å². The summed E-state index contributed by atoms with van der Waals surface area (Å²) in [6.45, 7) is 6.81. The average molecular weight is 1210 g/mol. The lowest BCUT2D eigenvalue weighted by atomic mass is 10.0. The molecule has 85 heavy (non-hydrogen) atoms. The van der Waals surface area contributed by atoms with Crippen molar-refractivity contribution in [2.45, 2.75) is 341 Å². The van der Waals surface area contributed by atoms with Gasteiger partial charge < -0.3 is 28.5 Å². The van der Waals surface area contributed by atoms with Crippen LogP contribution in [0.1, 0.15) is 329 Å². The summed E-state index contributed by atoms with van der Waals surface area (Å²) in [6.07, 6.45) is 85.6. The minimum Gasteiger partial charge on any atom is -0.756 e. The van der Waals surface area contributed by atoms with Crippen LogP contribution in [0.25, 0.3) is 0 Å². The molecule has 1 amide bonds. The third kappa shape index (κ3) is 65.5. The van der Waals surface area contributed by atoms with Gasteiger partial charge in [0, 0.05) is 12.8 Å². The number of nitrogens with zero attached hydrogens (tertiary/aromatic N) is 1. The summed E-state index contributed by atoms with van der Waals surface area (Å²) in [5.74, 6) is -0.542. The first kappa shape index (κ1) is 82.2. The maximum atomic E-state index is 13.6. The number of carbonyl (C=O) groups is 2. The standard InChI is InChI=1S/C75H137N2O7P/c1-7-10-13-16-19-22-25-27-29-31-33-35-37-38-40-41-43-45-47-49-52-55-58-61-64-67-74(78)76-72(71-83-85(80,81)82-70-69-77(4,5)6)73(66-63-60-57-54-51-24-21-18-15-12-9-3)84-75(79)68-65-62-59-56-53-50-48-46-44-42-39-36-34-32-30-28-26-23-20-17-14-11-8-2/h19-20,22-23,27-30,33,35,38,40,63,66,72-73H,7-18,21,24-26,31-32,34,36-37,39,41-62,64-65,67-71H2,1-6H3,(H-,76,78,80,81)/b22-19-,23-20-,29-27-,30-28-,35-33-,40-38-,66-63+. The molecule has 0 aromatic rings. The van der Waals surface area contributed by atoms with E-state index in [0.717, 1.165) is 96.3 Å². The Balaban J connectivity index is 5.03. The van der Waals surface area contributed by atoms with Crippen LogP contribution >= 0.6 is 7.82 Å². The molecule has 3 atom stereocenters. The minimum atomic E-state index is -4.71. The van der Waals surface area contributed by atoms with Crippen molar-refractivity contribution in [2.24, 2.45) is 0 Å². The van der Waals surface area contributed by atoms with E-state index in [9.17, 15) is 19.0 Å². The van der Waals surface area contributed by atoms with Gasteiger partial charge in [-0.05, 0) is 109 Å². The van der Waals surface area contributed by atoms with Crippen LogP contribution in [0.4, 0.5) is 0 Å². The highest BCUT2D eigenvalue weighted by molar-refractivity contribution is 7.45. The first-order valence-corrected chi connectivity index (χ1v) is 37.4.